The Morgan fingerprint density at radius 2 is 1.92 bits per heavy atom. The lowest BCUT2D eigenvalue weighted by Gasteiger charge is -2.08. The van der Waals surface area contributed by atoms with Gasteiger partial charge in [0.05, 0.1) is 0 Å². The van der Waals surface area contributed by atoms with E-state index in [-0.39, 0.29) is 18.4 Å². The van der Waals surface area contributed by atoms with E-state index in [1.54, 1.807) is 0 Å². The molecule has 1 atom stereocenters. The third-order valence-electron chi connectivity index (χ3n) is 1.58. The summed E-state index contributed by atoms with van der Waals surface area (Å²) in [4.78, 5) is 0. The lowest BCUT2D eigenvalue weighted by atomic mass is 10.0. The second-order valence-electron chi connectivity index (χ2n) is 3.51. The molecule has 0 spiro atoms. The van der Waals surface area contributed by atoms with Crippen LogP contribution in [0.15, 0.2) is 12.2 Å². The van der Waals surface area contributed by atoms with Crippen LogP contribution in [0.1, 0.15) is 40.0 Å². The molecule has 0 heterocycles. The van der Waals surface area contributed by atoms with Crippen LogP contribution in [0, 0.1) is 5.92 Å². The van der Waals surface area contributed by atoms with E-state index in [0.29, 0.717) is 5.92 Å². The Kier molecular flexibility index (Phi) is 11.0. The molecular formula is C10H22ClN. The van der Waals surface area contributed by atoms with Gasteiger partial charge in [0.2, 0.25) is 0 Å². The highest BCUT2D eigenvalue weighted by molar-refractivity contribution is 5.85. The van der Waals surface area contributed by atoms with Crippen LogP contribution >= 0.6 is 12.4 Å². The molecule has 0 aromatic rings. The minimum Gasteiger partial charge on any atom is -0.324 e. The minimum atomic E-state index is 0. The lowest BCUT2D eigenvalue weighted by Crippen LogP contribution is -2.18. The molecule has 0 radical (unpaired) electrons. The summed E-state index contributed by atoms with van der Waals surface area (Å²) >= 11 is 0. The summed E-state index contributed by atoms with van der Waals surface area (Å²) in [7, 11) is 0. The summed E-state index contributed by atoms with van der Waals surface area (Å²) < 4.78 is 0. The third-order valence-corrected chi connectivity index (χ3v) is 1.58. The Hall–Kier alpha value is -0.0100. The monoisotopic (exact) mass is 191 g/mol. The molecule has 12 heavy (non-hydrogen) atoms. The Labute approximate surface area is 82.8 Å². The summed E-state index contributed by atoms with van der Waals surface area (Å²) in [5, 5.41) is 0. The molecule has 74 valence electrons. The van der Waals surface area contributed by atoms with Crippen molar-refractivity contribution in [3.8, 4) is 0 Å². The molecule has 0 unspecified atom stereocenters. The van der Waals surface area contributed by atoms with Crippen LogP contribution in [-0.4, -0.2) is 6.04 Å². The van der Waals surface area contributed by atoms with Gasteiger partial charge in [-0.25, -0.2) is 0 Å². The van der Waals surface area contributed by atoms with Crippen molar-refractivity contribution in [2.24, 2.45) is 11.7 Å². The van der Waals surface area contributed by atoms with E-state index in [4.69, 9.17) is 5.73 Å². The fourth-order valence-electron chi connectivity index (χ4n) is 1.06. The molecule has 0 bridgehead atoms. The number of allylic oxidation sites excluding steroid dienone is 1. The van der Waals surface area contributed by atoms with Gasteiger partial charge in [0.1, 0.15) is 0 Å². The van der Waals surface area contributed by atoms with Crippen molar-refractivity contribution in [1.29, 1.82) is 0 Å². The largest absolute Gasteiger partial charge is 0.324 e. The standard InChI is InChI=1S/C10H21N.ClH/c1-4-5-6-7-10(11)8-9(2)3;/h6-7,9-10H,4-5,8,11H2,1-3H3;1H/t10-;/m1./s1. The number of halogens is 1. The van der Waals surface area contributed by atoms with Gasteiger partial charge in [0.25, 0.3) is 0 Å². The van der Waals surface area contributed by atoms with Gasteiger partial charge in [-0.3, -0.25) is 0 Å². The van der Waals surface area contributed by atoms with Crippen molar-refractivity contribution >= 4 is 12.4 Å². The maximum absolute atomic E-state index is 5.83. The maximum atomic E-state index is 5.83. The fourth-order valence-corrected chi connectivity index (χ4v) is 1.06. The van der Waals surface area contributed by atoms with Crippen LogP contribution in [0.5, 0.6) is 0 Å². The molecule has 0 aliphatic rings. The van der Waals surface area contributed by atoms with Crippen molar-refractivity contribution in [1.82, 2.24) is 0 Å². The Bertz CT molecular complexity index is 110. The quantitative estimate of drug-likeness (QED) is 0.664. The number of hydrogen-bond acceptors (Lipinski definition) is 1. The summed E-state index contributed by atoms with van der Waals surface area (Å²) in [6.45, 7) is 6.58. The highest BCUT2D eigenvalue weighted by Gasteiger charge is 1.99. The number of rotatable bonds is 5. The van der Waals surface area contributed by atoms with Crippen LogP contribution < -0.4 is 5.73 Å². The fraction of sp³-hybridized carbons (Fsp3) is 0.800. The smallest absolute Gasteiger partial charge is 0.0226 e. The zero-order chi connectivity index (χ0) is 8.69. The van der Waals surface area contributed by atoms with Crippen molar-refractivity contribution in [3.63, 3.8) is 0 Å². The first-order chi connectivity index (χ1) is 5.16. The van der Waals surface area contributed by atoms with Crippen molar-refractivity contribution in [2.45, 2.75) is 46.1 Å². The molecule has 2 N–H and O–H groups in total. The Balaban J connectivity index is 0. The topological polar surface area (TPSA) is 26.0 Å². The summed E-state index contributed by atoms with van der Waals surface area (Å²) in [6.07, 6.45) is 7.79. The molecule has 0 fully saturated rings. The maximum Gasteiger partial charge on any atom is 0.0226 e. The SMILES string of the molecule is CCCC=C[C@@H](N)CC(C)C.Cl. The van der Waals surface area contributed by atoms with E-state index >= 15 is 0 Å². The highest BCUT2D eigenvalue weighted by atomic mass is 35.5. The van der Waals surface area contributed by atoms with Gasteiger partial charge >= 0.3 is 0 Å². The van der Waals surface area contributed by atoms with E-state index in [1.165, 1.54) is 6.42 Å². The molecular weight excluding hydrogens is 170 g/mol. The molecule has 2 heteroatoms. The van der Waals surface area contributed by atoms with Crippen LogP contribution in [0.3, 0.4) is 0 Å². The molecule has 0 aromatic carbocycles. The molecule has 0 saturated heterocycles. The molecule has 0 rings (SSSR count). The average Bonchev–Trinajstić information content (AvgIpc) is 1.86. The van der Waals surface area contributed by atoms with E-state index in [0.717, 1.165) is 12.8 Å². The molecule has 0 amide bonds. The summed E-state index contributed by atoms with van der Waals surface area (Å²) in [6, 6.07) is 0.265. The molecule has 0 aliphatic heterocycles. The van der Waals surface area contributed by atoms with Gasteiger partial charge in [-0.05, 0) is 18.8 Å². The van der Waals surface area contributed by atoms with Crippen LogP contribution in [0.2, 0.25) is 0 Å². The predicted molar refractivity (Wildman–Crippen MR) is 58.7 cm³/mol. The Morgan fingerprint density at radius 1 is 1.33 bits per heavy atom. The van der Waals surface area contributed by atoms with Crippen LogP contribution in [0.25, 0.3) is 0 Å². The van der Waals surface area contributed by atoms with E-state index in [9.17, 15) is 0 Å². The molecule has 0 aliphatic carbocycles. The van der Waals surface area contributed by atoms with E-state index in [2.05, 4.69) is 32.9 Å². The highest BCUT2D eigenvalue weighted by Crippen LogP contribution is 2.03. The average molecular weight is 192 g/mol. The summed E-state index contributed by atoms with van der Waals surface area (Å²) in [5.41, 5.74) is 5.83. The van der Waals surface area contributed by atoms with Gasteiger partial charge in [0.15, 0.2) is 0 Å². The first-order valence-electron chi connectivity index (χ1n) is 4.59. The van der Waals surface area contributed by atoms with Crippen molar-refractivity contribution in [2.75, 3.05) is 0 Å². The first kappa shape index (κ1) is 14.5. The van der Waals surface area contributed by atoms with E-state index in [1.807, 2.05) is 0 Å². The van der Waals surface area contributed by atoms with Gasteiger partial charge in [-0.15, -0.1) is 12.4 Å². The molecule has 1 nitrogen and oxygen atoms in total. The Morgan fingerprint density at radius 3 is 2.33 bits per heavy atom. The predicted octanol–water partition coefficient (Wildman–Crippen LogP) is 3.14. The number of unbranched alkanes of at least 4 members (excludes halogenated alkanes) is 1. The second-order valence-corrected chi connectivity index (χ2v) is 3.51. The number of hydrogen-bond donors (Lipinski definition) is 1. The van der Waals surface area contributed by atoms with Crippen molar-refractivity contribution in [3.05, 3.63) is 12.2 Å². The van der Waals surface area contributed by atoms with E-state index < -0.39 is 0 Å². The van der Waals surface area contributed by atoms with Gasteiger partial charge < -0.3 is 5.73 Å². The van der Waals surface area contributed by atoms with Crippen LogP contribution in [-0.2, 0) is 0 Å². The van der Waals surface area contributed by atoms with Gasteiger partial charge in [-0.1, -0.05) is 39.3 Å². The van der Waals surface area contributed by atoms with Gasteiger partial charge in [-0.2, -0.15) is 0 Å². The third kappa shape index (κ3) is 9.99. The minimum absolute atomic E-state index is 0. The zero-order valence-electron chi connectivity index (χ0n) is 8.42. The number of nitrogens with two attached hydrogens (primary N) is 1. The van der Waals surface area contributed by atoms with Gasteiger partial charge in [0, 0.05) is 6.04 Å². The molecule has 0 aromatic heterocycles. The van der Waals surface area contributed by atoms with Crippen LogP contribution in [0.4, 0.5) is 0 Å². The summed E-state index contributed by atoms with van der Waals surface area (Å²) in [5.74, 6) is 0.705. The molecule has 0 saturated carbocycles. The first-order valence-corrected chi connectivity index (χ1v) is 4.59. The zero-order valence-corrected chi connectivity index (χ0v) is 9.23. The van der Waals surface area contributed by atoms with Crippen molar-refractivity contribution < 1.29 is 0 Å². The second kappa shape index (κ2) is 9.08. The normalized spacial score (nSPS) is 13.4. The lowest BCUT2D eigenvalue weighted by molar-refractivity contribution is 0.545.